The zero-order valence-corrected chi connectivity index (χ0v) is 18.6. The van der Waals surface area contributed by atoms with Gasteiger partial charge in [-0.05, 0) is 38.0 Å². The van der Waals surface area contributed by atoms with Gasteiger partial charge in [0.1, 0.15) is 0 Å². The van der Waals surface area contributed by atoms with Crippen molar-refractivity contribution in [2.45, 2.75) is 33.7 Å². The molecule has 1 aliphatic heterocycles. The quantitative estimate of drug-likeness (QED) is 0.496. The van der Waals surface area contributed by atoms with Crippen molar-refractivity contribution >= 4 is 11.5 Å². The van der Waals surface area contributed by atoms with E-state index in [0.29, 0.717) is 18.1 Å². The third-order valence-electron chi connectivity index (χ3n) is 6.20. The molecule has 4 aromatic heterocycles. The summed E-state index contributed by atoms with van der Waals surface area (Å²) in [7, 11) is 1.62. The highest BCUT2D eigenvalue weighted by atomic mass is 16.5. The van der Waals surface area contributed by atoms with Gasteiger partial charge in [-0.2, -0.15) is 4.52 Å². The molecule has 162 valence electrons. The fourth-order valence-corrected chi connectivity index (χ4v) is 4.26. The molecule has 0 amide bonds. The first-order valence-electron chi connectivity index (χ1n) is 10.5. The number of aryl methyl sites for hydroxylation is 2. The summed E-state index contributed by atoms with van der Waals surface area (Å²) in [6, 6.07) is 5.55. The fraction of sp³-hybridized carbons (Fsp3) is 0.292. The van der Waals surface area contributed by atoms with Crippen molar-refractivity contribution in [1.29, 1.82) is 0 Å². The molecule has 5 heterocycles. The van der Waals surface area contributed by atoms with Crippen molar-refractivity contribution in [1.82, 2.24) is 24.6 Å². The molecule has 0 saturated carbocycles. The van der Waals surface area contributed by atoms with Crippen LogP contribution in [-0.2, 0) is 13.0 Å². The van der Waals surface area contributed by atoms with Gasteiger partial charge in [-0.25, -0.2) is 9.97 Å². The molecule has 8 nitrogen and oxygen atoms in total. The van der Waals surface area contributed by atoms with Crippen LogP contribution in [0.3, 0.4) is 0 Å². The monoisotopic (exact) mass is 428 g/mol. The number of rotatable bonds is 3. The second kappa shape index (κ2) is 7.71. The molecule has 0 N–H and O–H groups in total. The van der Waals surface area contributed by atoms with Gasteiger partial charge in [0.15, 0.2) is 11.5 Å². The maximum Gasteiger partial charge on any atom is 0.274 e. The Labute approximate surface area is 185 Å². The first kappa shape index (κ1) is 20.1. The number of fused-ring (bicyclic) bond motifs is 2. The fourth-order valence-electron chi connectivity index (χ4n) is 4.26. The Morgan fingerprint density at radius 3 is 2.66 bits per heavy atom. The molecule has 0 aliphatic carbocycles. The van der Waals surface area contributed by atoms with E-state index in [4.69, 9.17) is 9.72 Å². The zero-order chi connectivity index (χ0) is 22.4. The summed E-state index contributed by atoms with van der Waals surface area (Å²) in [6.07, 6.45) is 6.09. The van der Waals surface area contributed by atoms with E-state index in [0.717, 1.165) is 57.9 Å². The average molecular weight is 428 g/mol. The molecular weight excluding hydrogens is 404 g/mol. The van der Waals surface area contributed by atoms with Crippen LogP contribution in [0.15, 0.2) is 41.6 Å². The number of hydrogen-bond acceptors (Lipinski definition) is 7. The highest BCUT2D eigenvalue weighted by molar-refractivity contribution is 5.67. The van der Waals surface area contributed by atoms with Gasteiger partial charge in [-0.3, -0.25) is 9.78 Å². The number of pyridine rings is 2. The smallest absolute Gasteiger partial charge is 0.274 e. The SMILES string of the molecule is COc1cc(C)c(-c2cnc3c(c2)CN(c2nn4c(=O)ccnc4c(C)c2C)CC3)cn1. The summed E-state index contributed by atoms with van der Waals surface area (Å²) in [5.41, 5.74) is 7.81. The minimum atomic E-state index is -0.178. The van der Waals surface area contributed by atoms with Gasteiger partial charge >= 0.3 is 0 Å². The maximum atomic E-state index is 12.4. The number of anilines is 1. The van der Waals surface area contributed by atoms with E-state index in [1.165, 1.54) is 16.8 Å². The van der Waals surface area contributed by atoms with Gasteiger partial charge in [0.2, 0.25) is 5.88 Å². The van der Waals surface area contributed by atoms with Gasteiger partial charge in [0.05, 0.1) is 7.11 Å². The van der Waals surface area contributed by atoms with E-state index in [1.54, 1.807) is 7.11 Å². The molecule has 0 fully saturated rings. The number of ether oxygens (including phenoxy) is 1. The van der Waals surface area contributed by atoms with E-state index in [2.05, 4.69) is 26.0 Å². The molecule has 8 heteroatoms. The summed E-state index contributed by atoms with van der Waals surface area (Å²) >= 11 is 0. The average Bonchev–Trinajstić information content (AvgIpc) is 2.81. The second-order valence-electron chi connectivity index (χ2n) is 8.14. The number of nitrogens with zero attached hydrogens (tertiary/aromatic N) is 6. The molecule has 5 rings (SSSR count). The minimum absolute atomic E-state index is 0.178. The van der Waals surface area contributed by atoms with Crippen LogP contribution in [0.1, 0.15) is 27.9 Å². The van der Waals surface area contributed by atoms with Gasteiger partial charge < -0.3 is 9.64 Å². The number of hydrogen-bond donors (Lipinski definition) is 0. The van der Waals surface area contributed by atoms with E-state index in [9.17, 15) is 4.79 Å². The van der Waals surface area contributed by atoms with Crippen LogP contribution in [0.5, 0.6) is 5.88 Å². The van der Waals surface area contributed by atoms with E-state index >= 15 is 0 Å². The Kier molecular flexibility index (Phi) is 4.84. The summed E-state index contributed by atoms with van der Waals surface area (Å²) in [5.74, 6) is 1.41. The first-order chi connectivity index (χ1) is 15.5. The summed E-state index contributed by atoms with van der Waals surface area (Å²) in [6.45, 7) is 7.53. The van der Waals surface area contributed by atoms with Gasteiger partial charge in [-0.1, -0.05) is 0 Å². The Balaban J connectivity index is 1.54. The lowest BCUT2D eigenvalue weighted by Crippen LogP contribution is -2.33. The normalized spacial score (nSPS) is 13.3. The maximum absolute atomic E-state index is 12.4. The van der Waals surface area contributed by atoms with Crippen LogP contribution >= 0.6 is 0 Å². The van der Waals surface area contributed by atoms with Crippen molar-refractivity contribution < 1.29 is 4.74 Å². The topological polar surface area (TPSA) is 85.5 Å². The van der Waals surface area contributed by atoms with Crippen LogP contribution < -0.4 is 15.2 Å². The predicted molar refractivity (Wildman–Crippen MR) is 122 cm³/mol. The molecule has 0 spiro atoms. The minimum Gasteiger partial charge on any atom is -0.481 e. The van der Waals surface area contributed by atoms with Crippen LogP contribution in [0.4, 0.5) is 5.82 Å². The van der Waals surface area contributed by atoms with Crippen LogP contribution in [0.25, 0.3) is 16.8 Å². The standard InChI is InChI=1S/C24H24N6O2/c1-14-9-21(32-4)27-12-19(14)17-10-18-13-29(8-6-20(18)26-11-17)24-16(3)15(2)23-25-7-5-22(31)30(23)28-24/h5,7,9-12H,6,8,13H2,1-4H3. The van der Waals surface area contributed by atoms with E-state index < -0.39 is 0 Å². The van der Waals surface area contributed by atoms with Crippen molar-refractivity contribution in [2.24, 2.45) is 0 Å². The Hall–Kier alpha value is -3.81. The predicted octanol–water partition coefficient (Wildman–Crippen LogP) is 3.04. The molecule has 32 heavy (non-hydrogen) atoms. The van der Waals surface area contributed by atoms with Crippen LogP contribution in [0.2, 0.25) is 0 Å². The zero-order valence-electron chi connectivity index (χ0n) is 18.6. The Morgan fingerprint density at radius 1 is 1.03 bits per heavy atom. The third kappa shape index (κ3) is 3.28. The highest BCUT2D eigenvalue weighted by Gasteiger charge is 2.23. The van der Waals surface area contributed by atoms with Crippen LogP contribution in [-0.4, -0.2) is 38.2 Å². The summed E-state index contributed by atoms with van der Waals surface area (Å²) in [5, 5.41) is 4.67. The molecule has 0 unspecified atom stereocenters. The lowest BCUT2D eigenvalue weighted by atomic mass is 9.98. The molecule has 0 radical (unpaired) electrons. The van der Waals surface area contributed by atoms with Gasteiger partial charge in [0, 0.05) is 78.2 Å². The molecule has 0 aromatic carbocycles. The Morgan fingerprint density at radius 2 is 1.88 bits per heavy atom. The van der Waals surface area contributed by atoms with Gasteiger partial charge in [-0.15, -0.1) is 5.10 Å². The molecule has 1 aliphatic rings. The molecule has 0 saturated heterocycles. The van der Waals surface area contributed by atoms with Gasteiger partial charge in [0.25, 0.3) is 5.56 Å². The molecular formula is C24H24N6O2. The highest BCUT2D eigenvalue weighted by Crippen LogP contribution is 2.30. The van der Waals surface area contributed by atoms with E-state index in [1.807, 2.05) is 39.2 Å². The van der Waals surface area contributed by atoms with Crippen LogP contribution in [0, 0.1) is 20.8 Å². The van der Waals surface area contributed by atoms with E-state index in [-0.39, 0.29) is 5.56 Å². The number of methoxy groups -OCH3 is 1. The molecule has 0 bridgehead atoms. The lowest BCUT2D eigenvalue weighted by molar-refractivity contribution is 0.397. The lowest BCUT2D eigenvalue weighted by Gasteiger charge is -2.31. The van der Waals surface area contributed by atoms with Crippen molar-refractivity contribution in [3.63, 3.8) is 0 Å². The van der Waals surface area contributed by atoms with Crippen molar-refractivity contribution in [3.05, 3.63) is 75.1 Å². The largest absolute Gasteiger partial charge is 0.481 e. The summed E-state index contributed by atoms with van der Waals surface area (Å²) < 4.78 is 6.63. The van der Waals surface area contributed by atoms with Crippen molar-refractivity contribution in [2.75, 3.05) is 18.6 Å². The molecule has 4 aromatic rings. The number of aromatic nitrogens is 5. The van der Waals surface area contributed by atoms with Crippen molar-refractivity contribution in [3.8, 4) is 17.0 Å². The molecule has 0 atom stereocenters. The second-order valence-corrected chi connectivity index (χ2v) is 8.14. The third-order valence-corrected chi connectivity index (χ3v) is 6.20. The summed E-state index contributed by atoms with van der Waals surface area (Å²) in [4.78, 5) is 28.0. The Bertz CT molecular complexity index is 1410. The first-order valence-corrected chi connectivity index (χ1v) is 10.5.